The van der Waals surface area contributed by atoms with Gasteiger partial charge in [-0.1, -0.05) is 19.8 Å². The molecule has 5 heteroatoms. The lowest BCUT2D eigenvalue weighted by molar-refractivity contribution is 0.0480. The summed E-state index contributed by atoms with van der Waals surface area (Å²) in [5, 5.41) is 3.45. The molecule has 14 heavy (non-hydrogen) atoms. The van der Waals surface area contributed by atoms with Crippen LogP contribution in [-0.4, -0.2) is 22.7 Å². The number of hydrogen-bond acceptors (Lipinski definition) is 5. The maximum absolute atomic E-state index is 11.2. The minimum Gasteiger partial charge on any atom is -0.460 e. The molecule has 0 amide bonds. The molecule has 0 fully saturated rings. The molecule has 0 spiro atoms. The van der Waals surface area contributed by atoms with Gasteiger partial charge in [0.15, 0.2) is 0 Å². The van der Waals surface area contributed by atoms with Crippen molar-refractivity contribution in [3.8, 4) is 0 Å². The van der Waals surface area contributed by atoms with Crippen LogP contribution < -0.4 is 0 Å². The van der Waals surface area contributed by atoms with E-state index < -0.39 is 5.97 Å². The fourth-order valence-corrected chi connectivity index (χ4v) is 0.964. The average molecular weight is 198 g/mol. The molecule has 0 saturated carbocycles. The molecule has 1 aromatic rings. The smallest absolute Gasteiger partial charge is 0.379 e. The maximum atomic E-state index is 11.2. The van der Waals surface area contributed by atoms with Crippen molar-refractivity contribution in [3.63, 3.8) is 0 Å². The third kappa shape index (κ3) is 3.16. The molecule has 1 rings (SSSR count). The summed E-state index contributed by atoms with van der Waals surface area (Å²) < 4.78 is 9.57. The zero-order chi connectivity index (χ0) is 10.4. The summed E-state index contributed by atoms with van der Waals surface area (Å²) in [5.41, 5.74) is 0. The maximum Gasteiger partial charge on any atom is 0.379 e. The summed E-state index contributed by atoms with van der Waals surface area (Å²) in [5.74, 6) is -0.151. The summed E-state index contributed by atoms with van der Waals surface area (Å²) in [7, 11) is 0. The minimum atomic E-state index is -0.516. The van der Waals surface area contributed by atoms with Gasteiger partial charge in [0.2, 0.25) is 5.89 Å². The van der Waals surface area contributed by atoms with Crippen LogP contribution in [0.3, 0.4) is 0 Å². The topological polar surface area (TPSA) is 65.2 Å². The summed E-state index contributed by atoms with van der Waals surface area (Å²) >= 11 is 0. The number of esters is 1. The van der Waals surface area contributed by atoms with Gasteiger partial charge in [-0.15, -0.1) is 0 Å². The minimum absolute atomic E-state index is 0.000927. The van der Waals surface area contributed by atoms with Gasteiger partial charge in [0.05, 0.1) is 6.61 Å². The molecule has 0 aliphatic rings. The Bertz CT molecular complexity index is 296. The van der Waals surface area contributed by atoms with Crippen molar-refractivity contribution in [2.45, 2.75) is 33.1 Å². The summed E-state index contributed by atoms with van der Waals surface area (Å²) in [6.45, 7) is 4.13. The molecule has 5 nitrogen and oxygen atoms in total. The van der Waals surface area contributed by atoms with Gasteiger partial charge in [-0.2, -0.15) is 4.98 Å². The first-order valence-corrected chi connectivity index (χ1v) is 4.71. The number of ether oxygens (including phenoxy) is 1. The quantitative estimate of drug-likeness (QED) is 0.532. The lowest BCUT2D eigenvalue weighted by Crippen LogP contribution is -2.08. The number of carbonyl (C=O) groups excluding carboxylic acids is 1. The number of unbranched alkanes of at least 4 members (excludes halogenated alkanes) is 2. The van der Waals surface area contributed by atoms with E-state index in [0.717, 1.165) is 19.3 Å². The number of rotatable bonds is 5. The van der Waals surface area contributed by atoms with E-state index in [-0.39, 0.29) is 5.82 Å². The Morgan fingerprint density at radius 3 is 2.86 bits per heavy atom. The van der Waals surface area contributed by atoms with Crippen LogP contribution in [0.1, 0.15) is 42.7 Å². The van der Waals surface area contributed by atoms with E-state index in [4.69, 9.17) is 4.74 Å². The molecule has 0 aliphatic heterocycles. The van der Waals surface area contributed by atoms with Crippen molar-refractivity contribution >= 4 is 5.97 Å². The predicted octanol–water partition coefficient (Wildman–Crippen LogP) is 1.73. The SMILES string of the molecule is CCCCCOC(=O)c1noc(C)n1. The molecule has 0 aliphatic carbocycles. The fourth-order valence-electron chi connectivity index (χ4n) is 0.964. The molecular weight excluding hydrogens is 184 g/mol. The van der Waals surface area contributed by atoms with Crippen molar-refractivity contribution in [2.75, 3.05) is 6.61 Å². The van der Waals surface area contributed by atoms with Gasteiger partial charge in [-0.05, 0) is 11.6 Å². The van der Waals surface area contributed by atoms with E-state index in [2.05, 4.69) is 21.6 Å². The molecule has 1 heterocycles. The molecule has 0 unspecified atom stereocenters. The molecular formula is C9H14N2O3. The van der Waals surface area contributed by atoms with Crippen molar-refractivity contribution in [3.05, 3.63) is 11.7 Å². The van der Waals surface area contributed by atoms with Crippen molar-refractivity contribution in [2.24, 2.45) is 0 Å². The molecule has 0 N–H and O–H groups in total. The standard InChI is InChI=1S/C9H14N2O3/c1-3-4-5-6-13-9(12)8-10-7(2)14-11-8/h3-6H2,1-2H3. The predicted molar refractivity (Wildman–Crippen MR) is 48.8 cm³/mol. The fraction of sp³-hybridized carbons (Fsp3) is 0.667. The molecule has 0 radical (unpaired) electrons. The zero-order valence-electron chi connectivity index (χ0n) is 8.45. The number of nitrogens with zero attached hydrogens (tertiary/aromatic N) is 2. The first-order valence-electron chi connectivity index (χ1n) is 4.71. The average Bonchev–Trinajstić information content (AvgIpc) is 2.59. The number of hydrogen-bond donors (Lipinski definition) is 0. The van der Waals surface area contributed by atoms with Crippen LogP contribution in [-0.2, 0) is 4.74 Å². The molecule has 0 bridgehead atoms. The van der Waals surface area contributed by atoms with Gasteiger partial charge in [0, 0.05) is 6.92 Å². The Hall–Kier alpha value is -1.39. The van der Waals surface area contributed by atoms with Gasteiger partial charge >= 0.3 is 5.97 Å². The van der Waals surface area contributed by atoms with E-state index in [1.165, 1.54) is 0 Å². The zero-order valence-corrected chi connectivity index (χ0v) is 8.45. The Kier molecular flexibility index (Phi) is 4.10. The van der Waals surface area contributed by atoms with Crippen molar-refractivity contribution in [1.82, 2.24) is 10.1 Å². The number of carbonyl (C=O) groups is 1. The highest BCUT2D eigenvalue weighted by atomic mass is 16.5. The van der Waals surface area contributed by atoms with Crippen LogP contribution in [0, 0.1) is 6.92 Å². The van der Waals surface area contributed by atoms with Crippen LogP contribution in [0.2, 0.25) is 0 Å². The lowest BCUT2D eigenvalue weighted by atomic mass is 10.3. The molecule has 78 valence electrons. The van der Waals surface area contributed by atoms with Gasteiger partial charge < -0.3 is 9.26 Å². The van der Waals surface area contributed by atoms with Gasteiger partial charge in [0.25, 0.3) is 5.82 Å². The van der Waals surface area contributed by atoms with Crippen LogP contribution >= 0.6 is 0 Å². The first-order chi connectivity index (χ1) is 6.74. The molecule has 0 saturated heterocycles. The van der Waals surface area contributed by atoms with Crippen molar-refractivity contribution < 1.29 is 14.1 Å². The Morgan fingerprint density at radius 1 is 1.50 bits per heavy atom. The second-order valence-corrected chi connectivity index (χ2v) is 2.98. The van der Waals surface area contributed by atoms with E-state index in [1.807, 2.05) is 0 Å². The van der Waals surface area contributed by atoms with E-state index >= 15 is 0 Å². The van der Waals surface area contributed by atoms with Crippen LogP contribution in [0.15, 0.2) is 4.52 Å². The second-order valence-electron chi connectivity index (χ2n) is 2.98. The number of aromatic nitrogens is 2. The highest BCUT2D eigenvalue weighted by molar-refractivity contribution is 5.84. The number of aryl methyl sites for hydroxylation is 1. The molecule has 0 aromatic carbocycles. The van der Waals surface area contributed by atoms with Crippen LogP contribution in [0.4, 0.5) is 0 Å². The second kappa shape index (κ2) is 5.36. The van der Waals surface area contributed by atoms with E-state index in [0.29, 0.717) is 12.5 Å². The highest BCUT2D eigenvalue weighted by Gasteiger charge is 2.13. The third-order valence-electron chi connectivity index (χ3n) is 1.69. The van der Waals surface area contributed by atoms with E-state index in [1.54, 1.807) is 6.92 Å². The Balaban J connectivity index is 2.29. The lowest BCUT2D eigenvalue weighted by Gasteiger charge is -1.99. The van der Waals surface area contributed by atoms with Gasteiger partial charge in [0.1, 0.15) is 0 Å². The Labute approximate surface area is 82.4 Å². The summed E-state index contributed by atoms with van der Waals surface area (Å²) in [4.78, 5) is 15.0. The molecule has 1 aromatic heterocycles. The van der Waals surface area contributed by atoms with Crippen LogP contribution in [0.5, 0.6) is 0 Å². The van der Waals surface area contributed by atoms with Gasteiger partial charge in [-0.3, -0.25) is 0 Å². The summed E-state index contributed by atoms with van der Waals surface area (Å²) in [6.07, 6.45) is 3.02. The monoisotopic (exact) mass is 198 g/mol. The largest absolute Gasteiger partial charge is 0.460 e. The normalized spacial score (nSPS) is 10.1. The van der Waals surface area contributed by atoms with Crippen LogP contribution in [0.25, 0.3) is 0 Å². The first kappa shape index (κ1) is 10.7. The van der Waals surface area contributed by atoms with Gasteiger partial charge in [-0.25, -0.2) is 4.79 Å². The highest BCUT2D eigenvalue weighted by Crippen LogP contribution is 2.00. The van der Waals surface area contributed by atoms with Crippen molar-refractivity contribution in [1.29, 1.82) is 0 Å². The van der Waals surface area contributed by atoms with E-state index in [9.17, 15) is 4.79 Å². The Morgan fingerprint density at radius 2 is 2.29 bits per heavy atom. The third-order valence-corrected chi connectivity index (χ3v) is 1.69. The summed E-state index contributed by atoms with van der Waals surface area (Å²) in [6, 6.07) is 0. The molecule has 0 atom stereocenters.